The first-order chi connectivity index (χ1) is 15.9. The molecule has 0 saturated carbocycles. The summed E-state index contributed by atoms with van der Waals surface area (Å²) >= 11 is 0. The van der Waals surface area contributed by atoms with Gasteiger partial charge in [0.25, 0.3) is 11.8 Å². The van der Waals surface area contributed by atoms with Crippen LogP contribution in [0.5, 0.6) is 5.75 Å². The Morgan fingerprint density at radius 1 is 1.03 bits per heavy atom. The Bertz CT molecular complexity index is 1170. The highest BCUT2D eigenvalue weighted by atomic mass is 16.5. The lowest BCUT2D eigenvalue weighted by Gasteiger charge is -2.33. The molecule has 1 aromatic heterocycles. The van der Waals surface area contributed by atoms with Crippen molar-refractivity contribution in [3.8, 4) is 5.75 Å². The first-order valence-electron chi connectivity index (χ1n) is 10.4. The molecule has 168 valence electrons. The number of amides is 3. The van der Waals surface area contributed by atoms with Gasteiger partial charge in [-0.25, -0.2) is 4.90 Å². The van der Waals surface area contributed by atoms with Gasteiger partial charge in [-0.15, -0.1) is 0 Å². The molecule has 2 heterocycles. The zero-order valence-corrected chi connectivity index (χ0v) is 18.1. The second-order valence-electron chi connectivity index (χ2n) is 7.65. The number of benzene rings is 2. The van der Waals surface area contributed by atoms with Gasteiger partial charge in [-0.3, -0.25) is 19.2 Å². The van der Waals surface area contributed by atoms with Crippen molar-refractivity contribution in [3.63, 3.8) is 0 Å². The van der Waals surface area contributed by atoms with Gasteiger partial charge < -0.3 is 14.1 Å². The van der Waals surface area contributed by atoms with Crippen molar-refractivity contribution in [1.82, 2.24) is 4.90 Å². The van der Waals surface area contributed by atoms with E-state index in [1.807, 2.05) is 37.3 Å². The summed E-state index contributed by atoms with van der Waals surface area (Å²) in [6.45, 7) is 3.09. The molecular formula is C25H22N2O6. The van der Waals surface area contributed by atoms with E-state index in [4.69, 9.17) is 9.15 Å². The van der Waals surface area contributed by atoms with Crippen molar-refractivity contribution < 1.29 is 28.3 Å². The van der Waals surface area contributed by atoms with Crippen LogP contribution in [0, 0.1) is 0 Å². The quantitative estimate of drug-likeness (QED) is 0.325. The van der Waals surface area contributed by atoms with Crippen LogP contribution in [-0.2, 0) is 14.4 Å². The molecule has 4 rings (SSSR count). The van der Waals surface area contributed by atoms with E-state index in [9.17, 15) is 19.2 Å². The van der Waals surface area contributed by atoms with Crippen molar-refractivity contribution in [1.29, 1.82) is 0 Å². The molecule has 0 bridgehead atoms. The monoisotopic (exact) mass is 446 g/mol. The highest BCUT2D eigenvalue weighted by Gasteiger charge is 2.46. The Balaban J connectivity index is 1.66. The molecule has 1 saturated heterocycles. The zero-order valence-electron chi connectivity index (χ0n) is 18.1. The molecule has 8 nitrogen and oxygen atoms in total. The van der Waals surface area contributed by atoms with E-state index < -0.39 is 35.8 Å². The maximum Gasteiger partial charge on any atom is 0.308 e. The van der Waals surface area contributed by atoms with Gasteiger partial charge in [0.05, 0.1) is 24.4 Å². The van der Waals surface area contributed by atoms with Crippen LogP contribution in [0.25, 0.3) is 0 Å². The summed E-state index contributed by atoms with van der Waals surface area (Å²) in [6.07, 6.45) is 1.23. The minimum Gasteiger partial charge on any atom is -0.459 e. The molecule has 3 amide bonds. The van der Waals surface area contributed by atoms with Gasteiger partial charge in [0.1, 0.15) is 11.8 Å². The smallest absolute Gasteiger partial charge is 0.308 e. The van der Waals surface area contributed by atoms with Crippen molar-refractivity contribution >= 4 is 29.4 Å². The SMILES string of the molecule is CC(=O)Oc1ccc(N2C(=O)CC(N(C(=O)c3ccco3)C(C)c3ccccc3)C2=O)cc1. The number of furan rings is 1. The van der Waals surface area contributed by atoms with Crippen molar-refractivity contribution in [2.24, 2.45) is 0 Å². The van der Waals surface area contributed by atoms with Gasteiger partial charge in [-0.05, 0) is 48.9 Å². The topological polar surface area (TPSA) is 97.1 Å². The number of ether oxygens (including phenoxy) is 1. The minimum atomic E-state index is -1.00. The normalized spacial score (nSPS) is 16.5. The summed E-state index contributed by atoms with van der Waals surface area (Å²) in [4.78, 5) is 53.3. The molecule has 1 aliphatic heterocycles. The van der Waals surface area contributed by atoms with Gasteiger partial charge in [0, 0.05) is 6.92 Å². The Morgan fingerprint density at radius 3 is 2.33 bits per heavy atom. The number of hydrogen-bond acceptors (Lipinski definition) is 6. The summed E-state index contributed by atoms with van der Waals surface area (Å²) in [6, 6.07) is 17.0. The Hall–Kier alpha value is -4.20. The van der Waals surface area contributed by atoms with Crippen LogP contribution in [0.15, 0.2) is 77.4 Å². The van der Waals surface area contributed by atoms with Crippen LogP contribution in [0.4, 0.5) is 5.69 Å². The molecular weight excluding hydrogens is 424 g/mol. The third-order valence-electron chi connectivity index (χ3n) is 5.48. The predicted octanol–water partition coefficient (Wildman–Crippen LogP) is 3.74. The Morgan fingerprint density at radius 2 is 1.73 bits per heavy atom. The number of anilines is 1. The molecule has 0 radical (unpaired) electrons. The Kier molecular flexibility index (Phi) is 6.08. The third kappa shape index (κ3) is 4.41. The van der Waals surface area contributed by atoms with Crippen molar-refractivity contribution in [3.05, 3.63) is 84.3 Å². The molecule has 1 aliphatic rings. The molecule has 0 aliphatic carbocycles. The highest BCUT2D eigenvalue weighted by molar-refractivity contribution is 6.23. The fourth-order valence-corrected chi connectivity index (χ4v) is 3.94. The van der Waals surface area contributed by atoms with E-state index in [0.29, 0.717) is 11.4 Å². The van der Waals surface area contributed by atoms with Crippen LogP contribution >= 0.6 is 0 Å². The van der Waals surface area contributed by atoms with Gasteiger partial charge in [-0.1, -0.05) is 30.3 Å². The molecule has 2 aromatic carbocycles. The van der Waals surface area contributed by atoms with E-state index in [0.717, 1.165) is 10.5 Å². The molecule has 1 fully saturated rings. The first-order valence-corrected chi connectivity index (χ1v) is 10.4. The summed E-state index contributed by atoms with van der Waals surface area (Å²) < 4.78 is 10.3. The van der Waals surface area contributed by atoms with E-state index in [2.05, 4.69) is 0 Å². The number of nitrogens with zero attached hydrogens (tertiary/aromatic N) is 2. The lowest BCUT2D eigenvalue weighted by molar-refractivity contribution is -0.132. The molecule has 33 heavy (non-hydrogen) atoms. The summed E-state index contributed by atoms with van der Waals surface area (Å²) in [5.41, 5.74) is 1.16. The van der Waals surface area contributed by atoms with Gasteiger partial charge >= 0.3 is 5.97 Å². The number of carbonyl (C=O) groups excluding carboxylic acids is 4. The largest absolute Gasteiger partial charge is 0.459 e. The number of hydrogen-bond donors (Lipinski definition) is 0. The molecule has 8 heteroatoms. The number of rotatable bonds is 6. The minimum absolute atomic E-state index is 0.0854. The highest BCUT2D eigenvalue weighted by Crippen LogP contribution is 2.33. The molecule has 2 unspecified atom stereocenters. The first kappa shape index (κ1) is 22.0. The van der Waals surface area contributed by atoms with Gasteiger partial charge in [-0.2, -0.15) is 0 Å². The fourth-order valence-electron chi connectivity index (χ4n) is 3.94. The van der Waals surface area contributed by atoms with E-state index in [-0.39, 0.29) is 12.2 Å². The van der Waals surface area contributed by atoms with Crippen LogP contribution in [0.2, 0.25) is 0 Å². The van der Waals surface area contributed by atoms with E-state index >= 15 is 0 Å². The maximum absolute atomic E-state index is 13.4. The standard InChI is InChI=1S/C25H22N2O6/c1-16(18-7-4-3-5-8-18)26(25(31)22-9-6-14-32-22)21-15-23(29)27(24(21)30)19-10-12-20(13-11-19)33-17(2)28/h3-14,16,21H,15H2,1-2H3. The lowest BCUT2D eigenvalue weighted by Crippen LogP contribution is -2.46. The third-order valence-corrected chi connectivity index (χ3v) is 5.48. The number of carbonyl (C=O) groups is 4. The lowest BCUT2D eigenvalue weighted by atomic mass is 10.0. The molecule has 2 atom stereocenters. The predicted molar refractivity (Wildman–Crippen MR) is 118 cm³/mol. The van der Waals surface area contributed by atoms with Crippen LogP contribution < -0.4 is 9.64 Å². The van der Waals surface area contributed by atoms with Gasteiger partial charge in [0.2, 0.25) is 5.91 Å². The van der Waals surface area contributed by atoms with E-state index in [1.54, 1.807) is 6.07 Å². The zero-order chi connectivity index (χ0) is 23.5. The molecule has 0 spiro atoms. The fraction of sp³-hybridized carbons (Fsp3) is 0.200. The summed E-state index contributed by atoms with van der Waals surface area (Å²) in [5.74, 6) is -1.50. The summed E-state index contributed by atoms with van der Waals surface area (Å²) in [5, 5.41) is 0. The van der Waals surface area contributed by atoms with Crippen LogP contribution in [-0.4, -0.2) is 34.6 Å². The van der Waals surface area contributed by atoms with Crippen molar-refractivity contribution in [2.75, 3.05) is 4.90 Å². The number of esters is 1. The van der Waals surface area contributed by atoms with Crippen molar-refractivity contribution in [2.45, 2.75) is 32.4 Å². The maximum atomic E-state index is 13.4. The Labute approximate surface area is 190 Å². The van der Waals surface area contributed by atoms with Crippen LogP contribution in [0.3, 0.4) is 0 Å². The second-order valence-corrected chi connectivity index (χ2v) is 7.65. The van der Waals surface area contributed by atoms with Crippen LogP contribution in [0.1, 0.15) is 42.4 Å². The molecule has 0 N–H and O–H groups in total. The molecule has 3 aromatic rings. The second kappa shape index (κ2) is 9.12. The summed E-state index contributed by atoms with van der Waals surface area (Å²) in [7, 11) is 0. The number of imide groups is 1. The average molecular weight is 446 g/mol. The van der Waals surface area contributed by atoms with E-state index in [1.165, 1.54) is 48.4 Å². The average Bonchev–Trinajstić information content (AvgIpc) is 3.43. The van der Waals surface area contributed by atoms with Gasteiger partial charge in [0.15, 0.2) is 5.76 Å².